The van der Waals surface area contributed by atoms with Gasteiger partial charge < -0.3 is 15.2 Å². The summed E-state index contributed by atoms with van der Waals surface area (Å²) in [6.45, 7) is 4.62. The maximum absolute atomic E-state index is 13.8. The van der Waals surface area contributed by atoms with Gasteiger partial charge in [-0.1, -0.05) is 68.6 Å². The van der Waals surface area contributed by atoms with Crippen LogP contribution in [0.15, 0.2) is 76.1 Å². The van der Waals surface area contributed by atoms with E-state index in [0.717, 1.165) is 32.0 Å². The molecule has 2 N–H and O–H groups in total. The van der Waals surface area contributed by atoms with Gasteiger partial charge in [-0.25, -0.2) is 18.0 Å². The molecule has 0 aliphatic carbocycles. The van der Waals surface area contributed by atoms with E-state index in [0.29, 0.717) is 31.5 Å². The molecule has 1 heterocycles. The smallest absolute Gasteiger partial charge is 0.355 e. The Bertz CT molecular complexity index is 1520. The van der Waals surface area contributed by atoms with Gasteiger partial charge in [0.2, 0.25) is 10.0 Å². The number of anilines is 1. The third kappa shape index (κ3) is 6.46. The topological polar surface area (TPSA) is 143 Å². The third-order valence-electron chi connectivity index (χ3n) is 6.93. The molecule has 1 unspecified atom stereocenters. The third-order valence-corrected chi connectivity index (χ3v) is 9.14. The first kappa shape index (κ1) is 32.7. The molecule has 2 aromatic rings. The molecule has 10 nitrogen and oxygen atoms in total. The molecule has 1 aliphatic heterocycles. The van der Waals surface area contributed by atoms with Crippen molar-refractivity contribution < 1.29 is 27.5 Å². The number of esters is 2. The second-order valence-corrected chi connectivity index (χ2v) is 11.9. The van der Waals surface area contributed by atoms with Crippen molar-refractivity contribution in [2.24, 2.45) is 5.73 Å². The Hall–Kier alpha value is -3.85. The predicted octanol–water partition coefficient (Wildman–Crippen LogP) is 4.83. The lowest BCUT2D eigenvalue weighted by Crippen LogP contribution is -2.41. The predicted molar refractivity (Wildman–Crippen MR) is 160 cm³/mol. The number of unbranched alkanes of at least 4 members (excludes halogenated alkanes) is 2. The molecule has 2 aromatic carbocycles. The van der Waals surface area contributed by atoms with Crippen LogP contribution in [-0.4, -0.2) is 52.0 Å². The molecule has 42 heavy (non-hydrogen) atoms. The molecule has 0 spiro atoms. The van der Waals surface area contributed by atoms with E-state index in [1.54, 1.807) is 30.3 Å². The van der Waals surface area contributed by atoms with Gasteiger partial charge in [-0.3, -0.25) is 4.90 Å². The van der Waals surface area contributed by atoms with Gasteiger partial charge in [0.15, 0.2) is 0 Å². The largest absolute Gasteiger partial charge is 0.466 e. The Labute approximate surface area is 252 Å². The van der Waals surface area contributed by atoms with Gasteiger partial charge in [-0.15, -0.1) is 0 Å². The summed E-state index contributed by atoms with van der Waals surface area (Å²) in [5.41, 5.74) is 6.43. The van der Waals surface area contributed by atoms with E-state index in [2.05, 4.69) is 6.07 Å². The van der Waals surface area contributed by atoms with Crippen LogP contribution in [-0.2, 0) is 29.1 Å². The minimum Gasteiger partial charge on any atom is -0.466 e. The summed E-state index contributed by atoms with van der Waals surface area (Å²) in [4.78, 5) is 27.7. The number of halogens is 1. The summed E-state index contributed by atoms with van der Waals surface area (Å²) >= 11 is 6.61. The SMILES string of the molecule is CCCCN(CCCC)S(=O)(=O)c1ccc(Cl)c(N2C(N)=C(C#N)C(c3ccccc3)C(C(=O)OC)=C2C(=O)OC)c1. The second kappa shape index (κ2) is 14.4. The van der Waals surface area contributed by atoms with Crippen LogP contribution in [0.4, 0.5) is 5.69 Å². The Morgan fingerprint density at radius 3 is 2.14 bits per heavy atom. The van der Waals surface area contributed by atoms with Crippen LogP contribution in [0.5, 0.6) is 0 Å². The Kier molecular flexibility index (Phi) is 11.2. The van der Waals surface area contributed by atoms with E-state index in [9.17, 15) is 23.3 Å². The number of hydrogen-bond donors (Lipinski definition) is 1. The highest BCUT2D eigenvalue weighted by atomic mass is 35.5. The quantitative estimate of drug-likeness (QED) is 0.332. The number of benzene rings is 2. The lowest BCUT2D eigenvalue weighted by Gasteiger charge is -2.36. The van der Waals surface area contributed by atoms with Crippen molar-refractivity contribution in [1.29, 1.82) is 5.26 Å². The van der Waals surface area contributed by atoms with Crippen molar-refractivity contribution in [2.45, 2.75) is 50.3 Å². The number of nitrogens with two attached hydrogens (primary N) is 1. The standard InChI is InChI=1S/C30H35ClN4O6S/c1-5-7-16-34(17-8-6-2)42(38,39)21-14-15-23(31)24(18-21)35-27(30(37)41-4)26(29(36)40-3)25(22(19-32)28(35)33)20-12-10-9-11-13-20/h9-15,18,25H,5-8,16-17,33H2,1-4H3. The molecule has 1 aliphatic rings. The van der Waals surface area contributed by atoms with E-state index in [1.165, 1.54) is 22.5 Å². The highest BCUT2D eigenvalue weighted by molar-refractivity contribution is 7.89. The number of methoxy groups -OCH3 is 2. The van der Waals surface area contributed by atoms with E-state index in [4.69, 9.17) is 26.8 Å². The molecular formula is C30H35ClN4O6S. The van der Waals surface area contributed by atoms with Gasteiger partial charge in [-0.05, 0) is 36.6 Å². The van der Waals surface area contributed by atoms with Gasteiger partial charge in [-0.2, -0.15) is 9.57 Å². The molecule has 1 atom stereocenters. The normalized spacial score (nSPS) is 15.5. The Morgan fingerprint density at radius 1 is 1.02 bits per heavy atom. The van der Waals surface area contributed by atoms with Crippen LogP contribution in [0.1, 0.15) is 51.0 Å². The molecule has 0 amide bonds. The summed E-state index contributed by atoms with van der Waals surface area (Å²) in [6.07, 6.45) is 2.97. The first-order chi connectivity index (χ1) is 20.1. The average molecular weight is 615 g/mol. The number of nitrogens with zero attached hydrogens (tertiary/aromatic N) is 3. The van der Waals surface area contributed by atoms with Crippen LogP contribution >= 0.6 is 11.6 Å². The fourth-order valence-electron chi connectivity index (χ4n) is 4.76. The van der Waals surface area contributed by atoms with Crippen LogP contribution in [0.3, 0.4) is 0 Å². The number of carbonyl (C=O) groups is 2. The number of ether oxygens (including phenoxy) is 2. The summed E-state index contributed by atoms with van der Waals surface area (Å²) < 4.78 is 39.2. The maximum atomic E-state index is 13.8. The number of carbonyl (C=O) groups excluding carboxylic acids is 2. The van der Waals surface area contributed by atoms with E-state index in [1.807, 2.05) is 13.8 Å². The molecule has 224 valence electrons. The minimum atomic E-state index is -3.99. The fraction of sp³-hybridized carbons (Fsp3) is 0.367. The maximum Gasteiger partial charge on any atom is 0.355 e. The zero-order chi connectivity index (χ0) is 31.0. The lowest BCUT2D eigenvalue weighted by atomic mass is 9.81. The van der Waals surface area contributed by atoms with Crippen molar-refractivity contribution >= 4 is 39.3 Å². The number of sulfonamides is 1. The number of rotatable bonds is 12. The van der Waals surface area contributed by atoms with Crippen LogP contribution in [0.2, 0.25) is 5.02 Å². The van der Waals surface area contributed by atoms with Crippen LogP contribution in [0.25, 0.3) is 0 Å². The number of nitriles is 1. The zero-order valence-electron chi connectivity index (χ0n) is 24.1. The lowest BCUT2D eigenvalue weighted by molar-refractivity contribution is -0.139. The first-order valence-corrected chi connectivity index (χ1v) is 15.4. The minimum absolute atomic E-state index is 0.0200. The summed E-state index contributed by atoms with van der Waals surface area (Å²) in [5.74, 6) is -3.16. The highest BCUT2D eigenvalue weighted by Gasteiger charge is 2.43. The van der Waals surface area contributed by atoms with Gasteiger partial charge in [0.1, 0.15) is 11.5 Å². The second-order valence-electron chi connectivity index (χ2n) is 9.56. The van der Waals surface area contributed by atoms with E-state index >= 15 is 0 Å². The zero-order valence-corrected chi connectivity index (χ0v) is 25.7. The highest BCUT2D eigenvalue weighted by Crippen LogP contribution is 2.45. The van der Waals surface area contributed by atoms with Crippen molar-refractivity contribution in [3.63, 3.8) is 0 Å². The Balaban J connectivity index is 2.35. The van der Waals surface area contributed by atoms with Crippen molar-refractivity contribution in [1.82, 2.24) is 4.31 Å². The number of allylic oxidation sites excluding steroid dienone is 1. The molecule has 0 bridgehead atoms. The van der Waals surface area contributed by atoms with Gasteiger partial charge >= 0.3 is 11.9 Å². The first-order valence-electron chi connectivity index (χ1n) is 13.5. The van der Waals surface area contributed by atoms with Crippen LogP contribution < -0.4 is 10.6 Å². The molecule has 0 saturated carbocycles. The summed E-state index contributed by atoms with van der Waals surface area (Å²) in [5, 5.41) is 10.3. The Morgan fingerprint density at radius 2 is 1.62 bits per heavy atom. The summed E-state index contributed by atoms with van der Waals surface area (Å²) in [7, 11) is -1.72. The van der Waals surface area contributed by atoms with Gasteiger partial charge in [0, 0.05) is 13.1 Å². The van der Waals surface area contributed by atoms with E-state index in [-0.39, 0.29) is 38.3 Å². The van der Waals surface area contributed by atoms with Crippen molar-refractivity contribution in [2.75, 3.05) is 32.2 Å². The molecule has 0 radical (unpaired) electrons. The molecule has 0 saturated heterocycles. The van der Waals surface area contributed by atoms with Crippen molar-refractivity contribution in [3.05, 3.63) is 81.8 Å². The molecule has 0 fully saturated rings. The summed E-state index contributed by atoms with van der Waals surface area (Å²) in [6, 6.07) is 14.7. The van der Waals surface area contributed by atoms with Gasteiger partial charge in [0.25, 0.3) is 0 Å². The molecule has 3 rings (SSSR count). The molecule has 0 aromatic heterocycles. The molecular weight excluding hydrogens is 580 g/mol. The fourth-order valence-corrected chi connectivity index (χ4v) is 6.50. The monoisotopic (exact) mass is 614 g/mol. The van der Waals surface area contributed by atoms with E-state index < -0.39 is 27.9 Å². The van der Waals surface area contributed by atoms with Gasteiger partial charge in [0.05, 0.1) is 53.0 Å². The molecule has 12 heteroatoms. The van der Waals surface area contributed by atoms with Crippen LogP contribution in [0, 0.1) is 11.3 Å². The van der Waals surface area contributed by atoms with Crippen molar-refractivity contribution in [3.8, 4) is 6.07 Å². The average Bonchev–Trinajstić information content (AvgIpc) is 3.00. The number of hydrogen-bond acceptors (Lipinski definition) is 9.